The SMILES string of the molecule is CC(=CC(=O)O)CN1CCN(CC(C)(C)O)CC1. The molecule has 0 saturated carbocycles. The van der Waals surface area contributed by atoms with E-state index >= 15 is 0 Å². The minimum atomic E-state index is -0.881. The molecule has 0 amide bonds. The summed E-state index contributed by atoms with van der Waals surface area (Å²) in [6.07, 6.45) is 1.27. The average molecular weight is 256 g/mol. The van der Waals surface area contributed by atoms with E-state index in [1.807, 2.05) is 20.8 Å². The monoisotopic (exact) mass is 256 g/mol. The molecule has 2 N–H and O–H groups in total. The first-order valence-electron chi connectivity index (χ1n) is 6.33. The van der Waals surface area contributed by atoms with Gasteiger partial charge >= 0.3 is 5.97 Å². The number of hydrogen-bond acceptors (Lipinski definition) is 4. The van der Waals surface area contributed by atoms with Crippen LogP contribution in [0, 0.1) is 0 Å². The van der Waals surface area contributed by atoms with E-state index in [1.54, 1.807) is 0 Å². The summed E-state index contributed by atoms with van der Waals surface area (Å²) in [5, 5.41) is 18.4. The molecule has 1 saturated heterocycles. The Morgan fingerprint density at radius 3 is 2.17 bits per heavy atom. The summed E-state index contributed by atoms with van der Waals surface area (Å²) in [5.41, 5.74) is 0.222. The van der Waals surface area contributed by atoms with Gasteiger partial charge in [-0.3, -0.25) is 9.80 Å². The van der Waals surface area contributed by atoms with Gasteiger partial charge in [0.1, 0.15) is 0 Å². The molecule has 0 spiro atoms. The standard InChI is InChI=1S/C13H24N2O3/c1-11(8-12(16)17)9-14-4-6-15(7-5-14)10-13(2,3)18/h8,18H,4-7,9-10H2,1-3H3,(H,16,17). The lowest BCUT2D eigenvalue weighted by Crippen LogP contribution is -2.50. The Morgan fingerprint density at radius 2 is 1.72 bits per heavy atom. The minimum absolute atomic E-state index is 0.651. The van der Waals surface area contributed by atoms with Crippen molar-refractivity contribution in [3.05, 3.63) is 11.6 Å². The second kappa shape index (κ2) is 6.31. The van der Waals surface area contributed by atoms with Gasteiger partial charge in [0.05, 0.1) is 5.60 Å². The normalized spacial score (nSPS) is 20.1. The van der Waals surface area contributed by atoms with Crippen LogP contribution in [0.5, 0.6) is 0 Å². The first-order valence-corrected chi connectivity index (χ1v) is 6.33. The summed E-state index contributed by atoms with van der Waals surface area (Å²) < 4.78 is 0. The van der Waals surface area contributed by atoms with Crippen LogP contribution in [0.25, 0.3) is 0 Å². The largest absolute Gasteiger partial charge is 0.478 e. The first-order chi connectivity index (χ1) is 8.26. The Kier molecular flexibility index (Phi) is 5.31. The Balaban J connectivity index is 2.34. The van der Waals surface area contributed by atoms with Crippen LogP contribution in [0.2, 0.25) is 0 Å². The number of nitrogens with zero attached hydrogens (tertiary/aromatic N) is 2. The van der Waals surface area contributed by atoms with Gasteiger partial charge in [0.25, 0.3) is 0 Å². The van der Waals surface area contributed by atoms with Crippen LogP contribution < -0.4 is 0 Å². The smallest absolute Gasteiger partial charge is 0.328 e. The fraction of sp³-hybridized carbons (Fsp3) is 0.769. The molecule has 1 rings (SSSR count). The van der Waals surface area contributed by atoms with Gasteiger partial charge in [-0.05, 0) is 20.8 Å². The van der Waals surface area contributed by atoms with Crippen LogP contribution in [0.1, 0.15) is 20.8 Å². The molecule has 1 aliphatic rings. The summed E-state index contributed by atoms with van der Waals surface area (Å²) >= 11 is 0. The van der Waals surface area contributed by atoms with Crippen molar-refractivity contribution >= 4 is 5.97 Å². The summed E-state index contributed by atoms with van der Waals surface area (Å²) in [7, 11) is 0. The van der Waals surface area contributed by atoms with Gasteiger partial charge in [-0.15, -0.1) is 0 Å². The first kappa shape index (κ1) is 15.1. The lowest BCUT2D eigenvalue weighted by atomic mass is 10.1. The molecule has 1 fully saturated rings. The van der Waals surface area contributed by atoms with Gasteiger partial charge in [-0.1, -0.05) is 5.57 Å². The maximum Gasteiger partial charge on any atom is 0.328 e. The highest BCUT2D eigenvalue weighted by Gasteiger charge is 2.22. The summed E-state index contributed by atoms with van der Waals surface area (Å²) in [6, 6.07) is 0. The highest BCUT2D eigenvalue weighted by Crippen LogP contribution is 2.09. The molecule has 0 bridgehead atoms. The highest BCUT2D eigenvalue weighted by molar-refractivity contribution is 5.80. The number of piperazine rings is 1. The van der Waals surface area contributed by atoms with Gasteiger partial charge in [0.15, 0.2) is 0 Å². The Hall–Kier alpha value is -0.910. The number of carbonyl (C=O) groups is 1. The number of aliphatic carboxylic acids is 1. The van der Waals surface area contributed by atoms with Crippen molar-refractivity contribution in [3.63, 3.8) is 0 Å². The van der Waals surface area contributed by atoms with Crippen LogP contribution in [-0.4, -0.2) is 70.9 Å². The third-order valence-corrected chi connectivity index (χ3v) is 2.92. The Labute approximate surface area is 109 Å². The van der Waals surface area contributed by atoms with Crippen molar-refractivity contribution in [2.24, 2.45) is 0 Å². The van der Waals surface area contributed by atoms with E-state index in [4.69, 9.17) is 5.11 Å². The van der Waals surface area contributed by atoms with Crippen molar-refractivity contribution in [2.75, 3.05) is 39.3 Å². The lowest BCUT2D eigenvalue weighted by molar-refractivity contribution is -0.131. The van der Waals surface area contributed by atoms with Crippen LogP contribution in [-0.2, 0) is 4.79 Å². The summed E-state index contributed by atoms with van der Waals surface area (Å²) in [6.45, 7) is 10.6. The predicted molar refractivity (Wildman–Crippen MR) is 70.6 cm³/mol. The highest BCUT2D eigenvalue weighted by atomic mass is 16.4. The molecular weight excluding hydrogens is 232 g/mol. The molecule has 104 valence electrons. The molecule has 5 nitrogen and oxygen atoms in total. The minimum Gasteiger partial charge on any atom is -0.478 e. The van der Waals surface area contributed by atoms with E-state index in [-0.39, 0.29) is 0 Å². The number of carboxylic acid groups (broad SMARTS) is 1. The second-order valence-electron chi connectivity index (χ2n) is 5.69. The zero-order valence-electron chi connectivity index (χ0n) is 11.5. The molecule has 1 heterocycles. The molecule has 0 aromatic carbocycles. The maximum atomic E-state index is 10.5. The van der Waals surface area contributed by atoms with Gasteiger partial charge in [-0.2, -0.15) is 0 Å². The quantitative estimate of drug-likeness (QED) is 0.697. The number of β-amino-alcohol motifs (C(OH)–C–C–N with tert-alkyl or cyclic N) is 1. The van der Waals surface area contributed by atoms with Crippen molar-refractivity contribution in [1.29, 1.82) is 0 Å². The molecule has 18 heavy (non-hydrogen) atoms. The van der Waals surface area contributed by atoms with E-state index in [1.165, 1.54) is 6.08 Å². The summed E-state index contributed by atoms with van der Waals surface area (Å²) in [4.78, 5) is 15.0. The van der Waals surface area contributed by atoms with Crippen LogP contribution in [0.4, 0.5) is 0 Å². The number of carboxylic acids is 1. The third-order valence-electron chi connectivity index (χ3n) is 2.92. The lowest BCUT2D eigenvalue weighted by Gasteiger charge is -2.37. The molecule has 0 aromatic rings. The van der Waals surface area contributed by atoms with E-state index in [2.05, 4.69) is 9.80 Å². The molecule has 5 heteroatoms. The fourth-order valence-electron chi connectivity index (χ4n) is 2.26. The zero-order valence-corrected chi connectivity index (χ0v) is 11.5. The van der Waals surface area contributed by atoms with Gasteiger partial charge in [0.2, 0.25) is 0 Å². The molecular formula is C13H24N2O3. The van der Waals surface area contributed by atoms with Crippen molar-refractivity contribution in [1.82, 2.24) is 9.80 Å². The van der Waals surface area contributed by atoms with E-state index in [0.29, 0.717) is 13.1 Å². The topological polar surface area (TPSA) is 64.0 Å². The van der Waals surface area contributed by atoms with Crippen LogP contribution >= 0.6 is 0 Å². The van der Waals surface area contributed by atoms with Crippen molar-refractivity contribution in [3.8, 4) is 0 Å². The molecule has 0 radical (unpaired) electrons. The fourth-order valence-corrected chi connectivity index (χ4v) is 2.26. The maximum absolute atomic E-state index is 10.5. The molecule has 1 aliphatic heterocycles. The van der Waals surface area contributed by atoms with Crippen LogP contribution in [0.3, 0.4) is 0 Å². The van der Waals surface area contributed by atoms with Gasteiger partial charge < -0.3 is 10.2 Å². The third kappa shape index (κ3) is 6.14. The molecule has 0 aliphatic carbocycles. The number of aliphatic hydroxyl groups is 1. The molecule has 0 unspecified atom stereocenters. The van der Waals surface area contributed by atoms with Crippen LogP contribution in [0.15, 0.2) is 11.6 Å². The molecule has 0 atom stereocenters. The Morgan fingerprint density at radius 1 is 1.22 bits per heavy atom. The van der Waals surface area contributed by atoms with Crippen molar-refractivity contribution < 1.29 is 15.0 Å². The van der Waals surface area contributed by atoms with E-state index in [0.717, 1.165) is 31.8 Å². The Bertz CT molecular complexity index is 313. The zero-order chi connectivity index (χ0) is 13.8. The van der Waals surface area contributed by atoms with E-state index in [9.17, 15) is 9.90 Å². The average Bonchev–Trinajstić information content (AvgIpc) is 2.17. The molecule has 0 aromatic heterocycles. The van der Waals surface area contributed by atoms with Gasteiger partial charge in [0, 0.05) is 45.3 Å². The predicted octanol–water partition coefficient (Wildman–Crippen LogP) is 0.406. The van der Waals surface area contributed by atoms with Gasteiger partial charge in [-0.25, -0.2) is 4.79 Å². The second-order valence-corrected chi connectivity index (χ2v) is 5.69. The van der Waals surface area contributed by atoms with Crippen molar-refractivity contribution in [2.45, 2.75) is 26.4 Å². The number of rotatable bonds is 5. The summed E-state index contributed by atoms with van der Waals surface area (Å²) in [5.74, 6) is -0.881. The van der Waals surface area contributed by atoms with E-state index < -0.39 is 11.6 Å². The number of hydrogen-bond donors (Lipinski definition) is 2.